The molecular weight excluding hydrogens is 340 g/mol. The van der Waals surface area contributed by atoms with E-state index < -0.39 is 0 Å². The Labute approximate surface area is 112 Å². The molecular formula is C10H11ClIN3O. The number of nitrogens with zero attached hydrogens (tertiary/aromatic N) is 2. The Bertz CT molecular complexity index is 427. The largest absolute Gasteiger partial charge is 0.330 e. The van der Waals surface area contributed by atoms with E-state index in [1.165, 1.54) is 0 Å². The van der Waals surface area contributed by atoms with Gasteiger partial charge in [-0.05, 0) is 35.1 Å². The minimum absolute atomic E-state index is 0.107. The zero-order chi connectivity index (χ0) is 11.7. The first-order valence-corrected chi connectivity index (χ1v) is 6.39. The number of amides is 1. The van der Waals surface area contributed by atoms with Crippen LogP contribution in [0.2, 0.25) is 5.15 Å². The number of carbonyl (C=O) groups excluding carboxylic acids is 1. The average molecular weight is 352 g/mol. The van der Waals surface area contributed by atoms with Crippen LogP contribution < -0.4 is 10.6 Å². The normalized spacial score (nSPS) is 20.6. The second-order valence-corrected chi connectivity index (χ2v) is 5.32. The summed E-state index contributed by atoms with van der Waals surface area (Å²) in [5.74, 6) is 0.353. The van der Waals surface area contributed by atoms with E-state index in [2.05, 4.69) is 27.6 Å². The summed E-state index contributed by atoms with van der Waals surface area (Å²) in [6.45, 7) is 1.21. The molecule has 1 fully saturated rings. The highest BCUT2D eigenvalue weighted by Crippen LogP contribution is 2.29. The molecule has 16 heavy (non-hydrogen) atoms. The van der Waals surface area contributed by atoms with E-state index in [4.69, 9.17) is 17.3 Å². The molecule has 0 aromatic carbocycles. The van der Waals surface area contributed by atoms with Crippen LogP contribution in [-0.4, -0.2) is 24.0 Å². The molecule has 1 aliphatic rings. The van der Waals surface area contributed by atoms with Crippen LogP contribution in [0.4, 0.5) is 5.69 Å². The monoisotopic (exact) mass is 351 g/mol. The molecule has 2 rings (SSSR count). The molecule has 6 heteroatoms. The molecule has 4 nitrogen and oxygen atoms in total. The van der Waals surface area contributed by atoms with Crippen molar-refractivity contribution in [2.75, 3.05) is 18.0 Å². The summed E-state index contributed by atoms with van der Waals surface area (Å²) >= 11 is 7.99. The van der Waals surface area contributed by atoms with Crippen LogP contribution in [0.15, 0.2) is 12.3 Å². The Morgan fingerprint density at radius 1 is 1.69 bits per heavy atom. The predicted molar refractivity (Wildman–Crippen MR) is 71.5 cm³/mol. The first-order valence-electron chi connectivity index (χ1n) is 4.93. The third-order valence-electron chi connectivity index (χ3n) is 2.63. The summed E-state index contributed by atoms with van der Waals surface area (Å²) in [6.07, 6.45) is 2.19. The van der Waals surface area contributed by atoms with Crippen molar-refractivity contribution in [3.63, 3.8) is 0 Å². The van der Waals surface area contributed by atoms with Crippen LogP contribution in [0.5, 0.6) is 0 Å². The van der Waals surface area contributed by atoms with Gasteiger partial charge in [-0.25, -0.2) is 4.98 Å². The second-order valence-electron chi connectivity index (χ2n) is 3.77. The lowest BCUT2D eigenvalue weighted by Crippen LogP contribution is -2.26. The number of pyridine rings is 1. The van der Waals surface area contributed by atoms with Crippen LogP contribution in [0, 0.1) is 9.49 Å². The smallest absolute Gasteiger partial charge is 0.227 e. The molecule has 0 spiro atoms. The summed E-state index contributed by atoms with van der Waals surface area (Å²) in [5, 5.41) is 0.402. The third-order valence-corrected chi connectivity index (χ3v) is 3.67. The number of halogens is 2. The maximum absolute atomic E-state index is 11.8. The highest BCUT2D eigenvalue weighted by atomic mass is 127. The maximum atomic E-state index is 11.8. The Hall–Kier alpha value is -0.400. The van der Waals surface area contributed by atoms with E-state index in [0.29, 0.717) is 24.7 Å². The molecule has 1 atom stereocenters. The summed E-state index contributed by atoms with van der Waals surface area (Å²) in [4.78, 5) is 17.5. The van der Waals surface area contributed by atoms with Crippen molar-refractivity contribution in [3.8, 4) is 0 Å². The van der Waals surface area contributed by atoms with E-state index >= 15 is 0 Å². The number of hydrogen-bond acceptors (Lipinski definition) is 3. The molecule has 0 aliphatic carbocycles. The van der Waals surface area contributed by atoms with Crippen molar-refractivity contribution >= 4 is 45.8 Å². The maximum Gasteiger partial charge on any atom is 0.227 e. The number of nitrogens with two attached hydrogens (primary N) is 1. The fraction of sp³-hybridized carbons (Fsp3) is 0.400. The van der Waals surface area contributed by atoms with Gasteiger partial charge in [0.15, 0.2) is 0 Å². The van der Waals surface area contributed by atoms with Crippen molar-refractivity contribution in [3.05, 3.63) is 21.0 Å². The fourth-order valence-corrected chi connectivity index (χ4v) is 2.52. The van der Waals surface area contributed by atoms with E-state index in [0.717, 1.165) is 9.26 Å². The molecule has 0 saturated carbocycles. The van der Waals surface area contributed by atoms with E-state index in [1.807, 2.05) is 0 Å². The predicted octanol–water partition coefficient (Wildman–Crippen LogP) is 1.65. The topological polar surface area (TPSA) is 59.2 Å². The SMILES string of the molecule is NCC1CC(=O)N(c2cc(Cl)ncc2I)C1. The standard InChI is InChI=1S/C10H11ClIN3O/c11-9-2-8(7(12)4-14-9)15-5-6(3-13)1-10(15)16/h2,4,6H,1,3,5,13H2. The first kappa shape index (κ1) is 12.1. The van der Waals surface area contributed by atoms with Gasteiger partial charge in [-0.1, -0.05) is 11.6 Å². The zero-order valence-corrected chi connectivity index (χ0v) is 11.4. The van der Waals surface area contributed by atoms with Crippen LogP contribution in [0.25, 0.3) is 0 Å². The molecule has 1 aromatic rings. The first-order chi connectivity index (χ1) is 7.61. The minimum atomic E-state index is 0.107. The van der Waals surface area contributed by atoms with Crippen molar-refractivity contribution in [1.29, 1.82) is 0 Å². The Morgan fingerprint density at radius 3 is 3.06 bits per heavy atom. The van der Waals surface area contributed by atoms with Gasteiger partial charge in [0.1, 0.15) is 5.15 Å². The van der Waals surface area contributed by atoms with E-state index in [9.17, 15) is 4.79 Å². The van der Waals surface area contributed by atoms with Gasteiger partial charge in [0, 0.05) is 25.2 Å². The number of aromatic nitrogens is 1. The lowest BCUT2D eigenvalue weighted by molar-refractivity contribution is -0.117. The van der Waals surface area contributed by atoms with Gasteiger partial charge in [-0.15, -0.1) is 0 Å². The molecule has 1 amide bonds. The summed E-state index contributed by atoms with van der Waals surface area (Å²) in [7, 11) is 0. The number of hydrogen-bond donors (Lipinski definition) is 1. The average Bonchev–Trinajstić information content (AvgIpc) is 2.63. The Balaban J connectivity index is 2.30. The van der Waals surface area contributed by atoms with Gasteiger partial charge in [0.25, 0.3) is 0 Å². The van der Waals surface area contributed by atoms with Gasteiger partial charge in [-0.3, -0.25) is 4.79 Å². The van der Waals surface area contributed by atoms with Gasteiger partial charge in [0.05, 0.1) is 9.26 Å². The summed E-state index contributed by atoms with van der Waals surface area (Å²) in [6, 6.07) is 1.72. The molecule has 86 valence electrons. The van der Waals surface area contributed by atoms with E-state index in [-0.39, 0.29) is 11.8 Å². The second kappa shape index (κ2) is 4.85. The van der Waals surface area contributed by atoms with Crippen LogP contribution in [0.3, 0.4) is 0 Å². The molecule has 1 aromatic heterocycles. The molecule has 1 unspecified atom stereocenters. The quantitative estimate of drug-likeness (QED) is 0.651. The molecule has 2 N–H and O–H groups in total. The van der Waals surface area contributed by atoms with E-state index in [1.54, 1.807) is 17.2 Å². The zero-order valence-electron chi connectivity index (χ0n) is 8.49. The molecule has 1 aliphatic heterocycles. The van der Waals surface area contributed by atoms with Crippen LogP contribution >= 0.6 is 34.2 Å². The van der Waals surface area contributed by atoms with Gasteiger partial charge in [-0.2, -0.15) is 0 Å². The van der Waals surface area contributed by atoms with Crippen molar-refractivity contribution in [2.24, 2.45) is 11.7 Å². The van der Waals surface area contributed by atoms with Crippen LogP contribution in [-0.2, 0) is 4.79 Å². The fourth-order valence-electron chi connectivity index (χ4n) is 1.78. The highest BCUT2D eigenvalue weighted by molar-refractivity contribution is 14.1. The Kier molecular flexibility index (Phi) is 3.66. The lowest BCUT2D eigenvalue weighted by atomic mass is 10.1. The Morgan fingerprint density at radius 2 is 2.44 bits per heavy atom. The van der Waals surface area contributed by atoms with Gasteiger partial charge in [0.2, 0.25) is 5.91 Å². The van der Waals surface area contributed by atoms with Crippen molar-refractivity contribution in [2.45, 2.75) is 6.42 Å². The van der Waals surface area contributed by atoms with Crippen LogP contribution in [0.1, 0.15) is 6.42 Å². The van der Waals surface area contributed by atoms with Crippen molar-refractivity contribution in [1.82, 2.24) is 4.98 Å². The van der Waals surface area contributed by atoms with Crippen molar-refractivity contribution < 1.29 is 4.79 Å². The van der Waals surface area contributed by atoms with Gasteiger partial charge < -0.3 is 10.6 Å². The molecule has 2 heterocycles. The minimum Gasteiger partial charge on any atom is -0.330 e. The van der Waals surface area contributed by atoms with Gasteiger partial charge >= 0.3 is 0 Å². The molecule has 0 radical (unpaired) electrons. The molecule has 0 bridgehead atoms. The lowest BCUT2D eigenvalue weighted by Gasteiger charge is -2.18. The number of rotatable bonds is 2. The number of carbonyl (C=O) groups is 1. The number of anilines is 1. The summed E-state index contributed by atoms with van der Waals surface area (Å²) in [5.41, 5.74) is 6.42. The molecule has 1 saturated heterocycles. The summed E-state index contributed by atoms with van der Waals surface area (Å²) < 4.78 is 0.924. The highest BCUT2D eigenvalue weighted by Gasteiger charge is 2.30. The third kappa shape index (κ3) is 2.31.